The van der Waals surface area contributed by atoms with Gasteiger partial charge < -0.3 is 19.4 Å². The molecule has 0 bridgehead atoms. The molecular formula is C24H25N5O3S. The fourth-order valence-corrected chi connectivity index (χ4v) is 3.97. The molecule has 3 heterocycles. The summed E-state index contributed by atoms with van der Waals surface area (Å²) in [5.74, 6) is 2.28. The van der Waals surface area contributed by atoms with Crippen LogP contribution in [-0.2, 0) is 24.3 Å². The van der Waals surface area contributed by atoms with Crippen molar-refractivity contribution in [2.24, 2.45) is 0 Å². The lowest BCUT2D eigenvalue weighted by atomic mass is 10.1. The number of nitrogens with zero attached hydrogens (tertiary/aromatic N) is 4. The highest BCUT2D eigenvalue weighted by molar-refractivity contribution is 7.09. The predicted octanol–water partition coefficient (Wildman–Crippen LogP) is 3.84. The SMILES string of the molecule is COc1cccc(Cc2nsc(N(CCC(=O)NCc3ccccn3)Cc3ccco3)n2)c1. The van der Waals surface area contributed by atoms with E-state index in [-0.39, 0.29) is 5.91 Å². The summed E-state index contributed by atoms with van der Waals surface area (Å²) < 4.78 is 15.3. The molecular weight excluding hydrogens is 438 g/mol. The molecule has 0 saturated heterocycles. The Labute approximate surface area is 196 Å². The van der Waals surface area contributed by atoms with Crippen molar-refractivity contribution >= 4 is 22.6 Å². The minimum atomic E-state index is -0.0498. The van der Waals surface area contributed by atoms with Gasteiger partial charge in [0.15, 0.2) is 0 Å². The Morgan fingerprint density at radius 2 is 2.12 bits per heavy atom. The minimum absolute atomic E-state index is 0.0498. The Bertz CT molecular complexity index is 1150. The van der Waals surface area contributed by atoms with Crippen molar-refractivity contribution < 1.29 is 13.9 Å². The fraction of sp³-hybridized carbons (Fsp3) is 0.250. The van der Waals surface area contributed by atoms with Crippen molar-refractivity contribution in [1.29, 1.82) is 0 Å². The van der Waals surface area contributed by atoms with E-state index in [0.717, 1.165) is 33.7 Å². The van der Waals surface area contributed by atoms with E-state index >= 15 is 0 Å². The molecule has 8 nitrogen and oxygen atoms in total. The lowest BCUT2D eigenvalue weighted by molar-refractivity contribution is -0.121. The lowest BCUT2D eigenvalue weighted by Crippen LogP contribution is -2.30. The third-order valence-corrected chi connectivity index (χ3v) is 5.77. The van der Waals surface area contributed by atoms with Gasteiger partial charge >= 0.3 is 0 Å². The number of hydrogen-bond donors (Lipinski definition) is 1. The monoisotopic (exact) mass is 463 g/mol. The summed E-state index contributed by atoms with van der Waals surface area (Å²) in [5.41, 5.74) is 1.90. The first-order valence-electron chi connectivity index (χ1n) is 10.6. The number of furan rings is 1. The van der Waals surface area contributed by atoms with E-state index in [0.29, 0.717) is 32.5 Å². The number of nitrogens with one attached hydrogen (secondary N) is 1. The molecule has 4 rings (SSSR count). The molecule has 0 radical (unpaired) electrons. The molecule has 9 heteroatoms. The van der Waals surface area contributed by atoms with Crippen LogP contribution in [0.2, 0.25) is 0 Å². The van der Waals surface area contributed by atoms with Crippen LogP contribution >= 0.6 is 11.5 Å². The van der Waals surface area contributed by atoms with Crippen molar-refractivity contribution in [3.63, 3.8) is 0 Å². The van der Waals surface area contributed by atoms with Crippen LogP contribution in [0.15, 0.2) is 71.5 Å². The highest BCUT2D eigenvalue weighted by Gasteiger charge is 2.16. The number of hydrogen-bond acceptors (Lipinski definition) is 8. The number of ether oxygens (including phenoxy) is 1. The average Bonchev–Trinajstić information content (AvgIpc) is 3.53. The molecule has 1 N–H and O–H groups in total. The standard InChI is InChI=1S/C24H25N5O3S/c1-31-20-8-4-6-18(14-20)15-22-27-24(33-28-22)29(17-21-9-5-13-32-21)12-10-23(30)26-16-19-7-2-3-11-25-19/h2-9,11,13-14H,10,12,15-17H2,1H3,(H,26,30). The maximum absolute atomic E-state index is 12.4. The van der Waals surface area contributed by atoms with Crippen molar-refractivity contribution in [3.8, 4) is 5.75 Å². The Hall–Kier alpha value is -3.72. The second-order valence-electron chi connectivity index (χ2n) is 7.37. The van der Waals surface area contributed by atoms with Gasteiger partial charge in [-0.1, -0.05) is 18.2 Å². The molecule has 0 atom stereocenters. The Morgan fingerprint density at radius 1 is 1.18 bits per heavy atom. The van der Waals surface area contributed by atoms with Gasteiger partial charge in [0.05, 0.1) is 32.2 Å². The van der Waals surface area contributed by atoms with Crippen molar-refractivity contribution in [2.75, 3.05) is 18.6 Å². The summed E-state index contributed by atoms with van der Waals surface area (Å²) in [5, 5.41) is 3.67. The van der Waals surface area contributed by atoms with E-state index < -0.39 is 0 Å². The Morgan fingerprint density at radius 3 is 2.91 bits per heavy atom. The molecule has 1 aromatic carbocycles. The van der Waals surface area contributed by atoms with Gasteiger partial charge in [0.25, 0.3) is 0 Å². The summed E-state index contributed by atoms with van der Waals surface area (Å²) in [6, 6.07) is 17.3. The number of anilines is 1. The van der Waals surface area contributed by atoms with E-state index in [1.807, 2.05) is 59.5 Å². The topological polar surface area (TPSA) is 93.4 Å². The van der Waals surface area contributed by atoms with Gasteiger partial charge in [0.1, 0.15) is 17.3 Å². The van der Waals surface area contributed by atoms with Crippen LogP contribution in [0.25, 0.3) is 0 Å². The van der Waals surface area contributed by atoms with Crippen LogP contribution in [0, 0.1) is 0 Å². The molecule has 1 amide bonds. The molecule has 0 unspecified atom stereocenters. The molecule has 4 aromatic rings. The van der Waals surface area contributed by atoms with Gasteiger partial charge in [-0.15, -0.1) is 0 Å². The summed E-state index contributed by atoms with van der Waals surface area (Å²) >= 11 is 1.32. The summed E-state index contributed by atoms with van der Waals surface area (Å²) in [6.45, 7) is 1.40. The first-order chi connectivity index (χ1) is 16.2. The van der Waals surface area contributed by atoms with Gasteiger partial charge in [-0.05, 0) is 42.0 Å². The normalized spacial score (nSPS) is 10.7. The third-order valence-electron chi connectivity index (χ3n) is 4.95. The van der Waals surface area contributed by atoms with E-state index in [9.17, 15) is 4.79 Å². The quantitative estimate of drug-likeness (QED) is 0.361. The molecule has 0 aliphatic carbocycles. The zero-order valence-electron chi connectivity index (χ0n) is 18.3. The first kappa shape index (κ1) is 22.5. The van der Waals surface area contributed by atoms with Gasteiger partial charge in [0.2, 0.25) is 11.0 Å². The van der Waals surface area contributed by atoms with Crippen LogP contribution < -0.4 is 15.0 Å². The third kappa shape index (κ3) is 6.63. The molecule has 0 fully saturated rings. The van der Waals surface area contributed by atoms with Crippen molar-refractivity contribution in [3.05, 3.63) is 89.9 Å². The van der Waals surface area contributed by atoms with Gasteiger partial charge in [0, 0.05) is 37.1 Å². The predicted molar refractivity (Wildman–Crippen MR) is 126 cm³/mol. The van der Waals surface area contributed by atoms with Crippen LogP contribution in [0.5, 0.6) is 5.75 Å². The van der Waals surface area contributed by atoms with E-state index in [4.69, 9.17) is 14.1 Å². The number of rotatable bonds is 11. The smallest absolute Gasteiger partial charge is 0.222 e. The first-order valence-corrected chi connectivity index (χ1v) is 11.4. The van der Waals surface area contributed by atoms with Gasteiger partial charge in [-0.3, -0.25) is 9.78 Å². The van der Waals surface area contributed by atoms with Crippen molar-refractivity contribution in [1.82, 2.24) is 19.7 Å². The highest BCUT2D eigenvalue weighted by atomic mass is 32.1. The van der Waals surface area contributed by atoms with E-state index in [2.05, 4.69) is 14.7 Å². The zero-order chi connectivity index (χ0) is 22.9. The summed E-state index contributed by atoms with van der Waals surface area (Å²) in [4.78, 5) is 23.4. The molecule has 3 aromatic heterocycles. The van der Waals surface area contributed by atoms with Crippen LogP contribution in [0.1, 0.15) is 29.3 Å². The molecule has 33 heavy (non-hydrogen) atoms. The molecule has 0 saturated carbocycles. The summed E-state index contributed by atoms with van der Waals surface area (Å²) in [6.07, 6.45) is 4.28. The number of amides is 1. The van der Waals surface area contributed by atoms with E-state index in [1.54, 1.807) is 19.6 Å². The number of benzene rings is 1. The number of carbonyl (C=O) groups excluding carboxylic acids is 1. The number of carbonyl (C=O) groups is 1. The van der Waals surface area contributed by atoms with E-state index in [1.165, 1.54) is 11.5 Å². The summed E-state index contributed by atoms with van der Waals surface area (Å²) in [7, 11) is 1.65. The van der Waals surface area contributed by atoms with Gasteiger partial charge in [-0.25, -0.2) is 4.98 Å². The number of pyridine rings is 1. The maximum Gasteiger partial charge on any atom is 0.222 e. The zero-order valence-corrected chi connectivity index (χ0v) is 19.1. The second-order valence-corrected chi connectivity index (χ2v) is 8.10. The number of methoxy groups -OCH3 is 1. The lowest BCUT2D eigenvalue weighted by Gasteiger charge is -2.20. The fourth-order valence-electron chi connectivity index (χ4n) is 3.26. The minimum Gasteiger partial charge on any atom is -0.497 e. The average molecular weight is 464 g/mol. The Balaban J connectivity index is 1.39. The largest absolute Gasteiger partial charge is 0.497 e. The second kappa shape index (κ2) is 11.2. The Kier molecular flexibility index (Phi) is 7.65. The molecule has 0 aliphatic heterocycles. The highest BCUT2D eigenvalue weighted by Crippen LogP contribution is 2.23. The van der Waals surface area contributed by atoms with Crippen LogP contribution in [0.4, 0.5) is 5.13 Å². The molecule has 0 aliphatic rings. The molecule has 0 spiro atoms. The van der Waals surface area contributed by atoms with Crippen molar-refractivity contribution in [2.45, 2.75) is 25.9 Å². The number of aromatic nitrogens is 3. The van der Waals surface area contributed by atoms with Crippen LogP contribution in [0.3, 0.4) is 0 Å². The van der Waals surface area contributed by atoms with Crippen LogP contribution in [-0.4, -0.2) is 33.9 Å². The molecule has 170 valence electrons. The maximum atomic E-state index is 12.4. The van der Waals surface area contributed by atoms with Gasteiger partial charge in [-0.2, -0.15) is 4.37 Å².